The second-order valence-corrected chi connectivity index (χ2v) is 10.1. The molecule has 1 aliphatic carbocycles. The van der Waals surface area contributed by atoms with Gasteiger partial charge >= 0.3 is 0 Å². The average molecular weight is 354 g/mol. The minimum Gasteiger partial charge on any atom is -0.263 e. The van der Waals surface area contributed by atoms with E-state index >= 15 is 0 Å². The molecule has 3 saturated heterocycles. The molecule has 0 saturated carbocycles. The number of hydrogen-bond acceptors (Lipinski definition) is 2. The van der Waals surface area contributed by atoms with E-state index in [2.05, 4.69) is 46.2 Å². The average Bonchev–Trinajstić information content (AvgIpc) is 3.05. The molecule has 8 rings (SSSR count). The van der Waals surface area contributed by atoms with E-state index in [1.807, 2.05) is 0 Å². The summed E-state index contributed by atoms with van der Waals surface area (Å²) < 4.78 is 0. The van der Waals surface area contributed by atoms with Crippen LogP contribution in [0.3, 0.4) is 0 Å². The highest BCUT2D eigenvalue weighted by atomic mass is 15.7. The molecule has 3 fully saturated rings. The number of hydrogen-bond donors (Lipinski definition) is 0. The maximum absolute atomic E-state index is 3.08. The zero-order valence-electron chi connectivity index (χ0n) is 15.9. The summed E-state index contributed by atoms with van der Waals surface area (Å²) in [6.45, 7) is 0. The van der Waals surface area contributed by atoms with Crippen molar-refractivity contribution in [1.82, 2.24) is 9.80 Å². The molecule has 0 amide bonds. The summed E-state index contributed by atoms with van der Waals surface area (Å²) in [6, 6.07) is 16.0. The van der Waals surface area contributed by atoms with E-state index in [1.165, 1.54) is 51.4 Å². The second-order valence-electron chi connectivity index (χ2n) is 10.1. The van der Waals surface area contributed by atoms with E-state index < -0.39 is 0 Å². The molecule has 2 nitrogen and oxygen atoms in total. The van der Waals surface area contributed by atoms with Gasteiger partial charge in [0.2, 0.25) is 0 Å². The lowest BCUT2D eigenvalue weighted by Crippen LogP contribution is -2.86. The van der Waals surface area contributed by atoms with E-state index in [0.29, 0.717) is 5.66 Å². The minimum absolute atomic E-state index is 0.269. The van der Waals surface area contributed by atoms with Gasteiger partial charge in [0.1, 0.15) is 0 Å². The van der Waals surface area contributed by atoms with Gasteiger partial charge in [0.15, 0.2) is 0 Å². The topological polar surface area (TPSA) is 6.48 Å². The van der Waals surface area contributed by atoms with Gasteiger partial charge < -0.3 is 0 Å². The van der Waals surface area contributed by atoms with Crippen LogP contribution < -0.4 is 0 Å². The molecule has 5 heterocycles. The predicted octanol–water partition coefficient (Wildman–Crippen LogP) is 3.82. The maximum atomic E-state index is 3.08. The molecule has 6 aliphatic rings. The maximum Gasteiger partial charge on any atom is 0.0854 e. The predicted molar refractivity (Wildman–Crippen MR) is 106 cm³/mol. The molecule has 3 bridgehead atoms. The third kappa shape index (κ3) is 1.43. The van der Waals surface area contributed by atoms with Crippen LogP contribution in [-0.4, -0.2) is 33.2 Å². The van der Waals surface area contributed by atoms with E-state index in [0.717, 1.165) is 18.5 Å². The van der Waals surface area contributed by atoms with Crippen molar-refractivity contribution in [3.8, 4) is 0 Å². The van der Waals surface area contributed by atoms with Crippen molar-refractivity contribution < 1.29 is 0 Å². The molecule has 2 heteroatoms. The third-order valence-electron chi connectivity index (χ3n) is 9.23. The molecule has 2 unspecified atom stereocenters. The van der Waals surface area contributed by atoms with Crippen LogP contribution in [0.25, 0.3) is 0 Å². The van der Waals surface area contributed by atoms with Gasteiger partial charge in [0, 0.05) is 24.9 Å². The first-order valence-corrected chi connectivity index (χ1v) is 11.1. The van der Waals surface area contributed by atoms with Crippen molar-refractivity contribution in [2.45, 2.75) is 81.2 Å². The third-order valence-corrected chi connectivity index (χ3v) is 9.23. The van der Waals surface area contributed by atoms with Crippen molar-refractivity contribution >= 4 is 0 Å². The SMILES string of the molecule is c1cc2c3c(c1)CC1CCC45CCC6Cc7cccc(c7CC(C3)(N14)N65)C2. The Labute approximate surface area is 161 Å². The van der Waals surface area contributed by atoms with Crippen LogP contribution in [0, 0.1) is 0 Å². The van der Waals surface area contributed by atoms with Gasteiger partial charge in [-0.05, 0) is 78.3 Å². The second kappa shape index (κ2) is 4.34. The smallest absolute Gasteiger partial charge is 0.0854 e. The zero-order valence-corrected chi connectivity index (χ0v) is 15.9. The highest BCUT2D eigenvalue weighted by molar-refractivity contribution is 5.51. The van der Waals surface area contributed by atoms with Crippen LogP contribution in [0.2, 0.25) is 0 Å². The molecular weight excluding hydrogens is 328 g/mol. The lowest BCUT2D eigenvalue weighted by Gasteiger charge is -2.71. The minimum atomic E-state index is 0.269. The van der Waals surface area contributed by atoms with Crippen molar-refractivity contribution in [1.29, 1.82) is 0 Å². The normalized spacial score (nSPS) is 40.0. The Morgan fingerprint density at radius 1 is 0.667 bits per heavy atom. The van der Waals surface area contributed by atoms with Crippen LogP contribution in [-0.2, 0) is 32.1 Å². The van der Waals surface area contributed by atoms with E-state index in [-0.39, 0.29) is 5.66 Å². The standard InChI is InChI=1S/C25H26N2/c1-3-16-11-17-4-2-6-19-13-21-8-10-24-9-7-20-12-18(5-1)22(16)14-25(26(20)24,27(21)24)15-23(17)19/h1-6,20-21H,7-15H2. The lowest BCUT2D eigenvalue weighted by atomic mass is 9.75. The zero-order chi connectivity index (χ0) is 17.4. The molecular formula is C25H26N2. The molecule has 0 radical (unpaired) electrons. The van der Waals surface area contributed by atoms with Gasteiger partial charge in [-0.15, -0.1) is 0 Å². The number of benzene rings is 2. The van der Waals surface area contributed by atoms with Crippen molar-refractivity contribution in [2.24, 2.45) is 0 Å². The molecule has 27 heavy (non-hydrogen) atoms. The summed E-state index contributed by atoms with van der Waals surface area (Å²) in [6.07, 6.45) is 11.9. The number of nitrogens with zero attached hydrogens (tertiary/aromatic N) is 2. The lowest BCUT2D eigenvalue weighted by molar-refractivity contribution is -0.297. The fourth-order valence-corrected chi connectivity index (χ4v) is 8.59. The molecule has 0 N–H and O–H groups in total. The van der Waals surface area contributed by atoms with Crippen LogP contribution in [0.5, 0.6) is 0 Å². The summed E-state index contributed by atoms with van der Waals surface area (Å²) in [5, 5.41) is 0. The van der Waals surface area contributed by atoms with Crippen LogP contribution in [0.4, 0.5) is 0 Å². The summed E-state index contributed by atoms with van der Waals surface area (Å²) >= 11 is 0. The molecule has 0 aromatic heterocycles. The van der Waals surface area contributed by atoms with E-state index in [1.54, 1.807) is 33.4 Å². The van der Waals surface area contributed by atoms with Gasteiger partial charge in [-0.1, -0.05) is 36.4 Å². The molecule has 2 atom stereocenters. The summed E-state index contributed by atoms with van der Waals surface area (Å²) in [7, 11) is 0. The Bertz CT molecular complexity index is 939. The van der Waals surface area contributed by atoms with Gasteiger partial charge in [-0.2, -0.15) is 0 Å². The van der Waals surface area contributed by atoms with Crippen LogP contribution >= 0.6 is 0 Å². The van der Waals surface area contributed by atoms with Gasteiger partial charge in [-0.25, -0.2) is 0 Å². The Morgan fingerprint density at radius 3 is 1.74 bits per heavy atom. The van der Waals surface area contributed by atoms with Crippen LogP contribution in [0.1, 0.15) is 59.1 Å². The molecule has 2 spiro atoms. The van der Waals surface area contributed by atoms with Crippen LogP contribution in [0.15, 0.2) is 36.4 Å². The Hall–Kier alpha value is -1.64. The molecule has 5 aliphatic heterocycles. The van der Waals surface area contributed by atoms with Gasteiger partial charge in [0.05, 0.1) is 11.3 Å². The van der Waals surface area contributed by atoms with E-state index in [4.69, 9.17) is 0 Å². The highest BCUT2D eigenvalue weighted by Gasteiger charge is 2.75. The van der Waals surface area contributed by atoms with Crippen molar-refractivity contribution in [2.75, 3.05) is 0 Å². The quantitative estimate of drug-likeness (QED) is 0.710. The fraction of sp³-hybridized carbons (Fsp3) is 0.520. The van der Waals surface area contributed by atoms with Gasteiger partial charge in [-0.3, -0.25) is 9.80 Å². The fourth-order valence-electron chi connectivity index (χ4n) is 8.59. The summed E-state index contributed by atoms with van der Waals surface area (Å²) in [5.74, 6) is 0. The first kappa shape index (κ1) is 14.4. The first-order valence-electron chi connectivity index (χ1n) is 11.1. The highest BCUT2D eigenvalue weighted by Crippen LogP contribution is 2.66. The van der Waals surface area contributed by atoms with Crippen molar-refractivity contribution in [3.63, 3.8) is 0 Å². The Balaban J connectivity index is 1.50. The molecule has 2 aromatic carbocycles. The largest absolute Gasteiger partial charge is 0.263 e. The summed E-state index contributed by atoms with van der Waals surface area (Å²) in [4.78, 5) is 6.17. The Morgan fingerprint density at radius 2 is 1.19 bits per heavy atom. The monoisotopic (exact) mass is 354 g/mol. The van der Waals surface area contributed by atoms with E-state index in [9.17, 15) is 0 Å². The van der Waals surface area contributed by atoms with Crippen molar-refractivity contribution in [3.05, 3.63) is 69.8 Å². The van der Waals surface area contributed by atoms with Gasteiger partial charge in [0.25, 0.3) is 0 Å². The number of rotatable bonds is 0. The Kier molecular flexibility index (Phi) is 2.31. The summed E-state index contributed by atoms with van der Waals surface area (Å²) in [5.41, 5.74) is 10.7. The molecule has 136 valence electrons. The molecule has 2 aromatic rings. The first-order chi connectivity index (χ1) is 13.3.